The van der Waals surface area contributed by atoms with Crippen LogP contribution in [-0.4, -0.2) is 68.1 Å². The lowest BCUT2D eigenvalue weighted by atomic mass is 10.2. The van der Waals surface area contributed by atoms with Crippen molar-refractivity contribution in [3.8, 4) is 0 Å². The first-order valence-electron chi connectivity index (χ1n) is 5.36. The normalized spacial score (nSPS) is 28.2. The first-order valence-corrected chi connectivity index (χ1v) is 5.36. The molecule has 0 aliphatic carbocycles. The van der Waals surface area contributed by atoms with Crippen molar-refractivity contribution in [3.63, 3.8) is 0 Å². The maximum atomic E-state index is 11.1. The highest BCUT2D eigenvalue weighted by Crippen LogP contribution is 2.19. The summed E-state index contributed by atoms with van der Waals surface area (Å²) in [4.78, 5) is 12.9. The molecule has 3 N–H and O–H groups in total. The second kappa shape index (κ2) is 6.15. The number of aliphatic carboxylic acids is 1. The number of rotatable bonds is 6. The highest BCUT2D eigenvalue weighted by atomic mass is 16.5. The number of carbonyl (C=O) groups is 1. The molecule has 1 fully saturated rings. The Morgan fingerprint density at radius 1 is 1.44 bits per heavy atom. The van der Waals surface area contributed by atoms with E-state index in [-0.39, 0.29) is 12.2 Å². The summed E-state index contributed by atoms with van der Waals surface area (Å²) < 4.78 is 10.5. The number of hydrogen-bond acceptors (Lipinski definition) is 5. The third-order valence-corrected chi connectivity index (χ3v) is 3.02. The van der Waals surface area contributed by atoms with E-state index in [4.69, 9.17) is 20.3 Å². The highest BCUT2D eigenvalue weighted by molar-refractivity contribution is 5.73. The maximum absolute atomic E-state index is 11.1. The molecule has 6 heteroatoms. The molecular weight excluding hydrogens is 212 g/mol. The van der Waals surface area contributed by atoms with E-state index in [1.54, 1.807) is 14.2 Å². The molecule has 1 saturated heterocycles. The molecule has 0 aromatic rings. The van der Waals surface area contributed by atoms with Gasteiger partial charge >= 0.3 is 5.97 Å². The average Bonchev–Trinajstić information content (AvgIpc) is 2.68. The number of carboxylic acids is 1. The van der Waals surface area contributed by atoms with Gasteiger partial charge in [-0.15, -0.1) is 0 Å². The second-order valence-electron chi connectivity index (χ2n) is 3.93. The van der Waals surface area contributed by atoms with Crippen molar-refractivity contribution in [2.75, 3.05) is 33.9 Å². The van der Waals surface area contributed by atoms with E-state index in [0.717, 1.165) is 0 Å². The van der Waals surface area contributed by atoms with Crippen LogP contribution in [0.15, 0.2) is 0 Å². The number of ether oxygens (including phenoxy) is 2. The van der Waals surface area contributed by atoms with Crippen molar-refractivity contribution in [1.29, 1.82) is 0 Å². The molecule has 3 atom stereocenters. The first kappa shape index (κ1) is 13.4. The van der Waals surface area contributed by atoms with Gasteiger partial charge in [-0.1, -0.05) is 0 Å². The molecule has 3 unspecified atom stereocenters. The van der Waals surface area contributed by atoms with Gasteiger partial charge in [0.25, 0.3) is 0 Å². The third kappa shape index (κ3) is 2.91. The SMILES string of the molecule is COC1CN(C(CCN)C(=O)O)CC1OC. The number of methoxy groups -OCH3 is 2. The van der Waals surface area contributed by atoms with Crippen LogP contribution in [0.25, 0.3) is 0 Å². The van der Waals surface area contributed by atoms with E-state index in [9.17, 15) is 4.79 Å². The molecule has 1 rings (SSSR count). The standard InChI is InChI=1S/C10H20N2O4/c1-15-8-5-12(6-9(8)16-2)7(3-4-11)10(13)14/h7-9H,3-6,11H2,1-2H3,(H,13,14). The van der Waals surface area contributed by atoms with Crippen molar-refractivity contribution < 1.29 is 19.4 Å². The molecule has 16 heavy (non-hydrogen) atoms. The van der Waals surface area contributed by atoms with E-state index in [2.05, 4.69) is 0 Å². The van der Waals surface area contributed by atoms with Gasteiger partial charge in [0.15, 0.2) is 0 Å². The quantitative estimate of drug-likeness (QED) is 0.619. The lowest BCUT2D eigenvalue weighted by molar-refractivity contribution is -0.143. The maximum Gasteiger partial charge on any atom is 0.320 e. The third-order valence-electron chi connectivity index (χ3n) is 3.02. The van der Waals surface area contributed by atoms with Gasteiger partial charge in [0.2, 0.25) is 0 Å². The van der Waals surface area contributed by atoms with Crippen molar-refractivity contribution in [2.45, 2.75) is 24.7 Å². The zero-order valence-electron chi connectivity index (χ0n) is 9.76. The second-order valence-corrected chi connectivity index (χ2v) is 3.93. The van der Waals surface area contributed by atoms with Gasteiger partial charge in [-0.2, -0.15) is 0 Å². The summed E-state index contributed by atoms with van der Waals surface area (Å²) in [5.74, 6) is -0.836. The summed E-state index contributed by atoms with van der Waals surface area (Å²) in [5.41, 5.74) is 5.42. The lowest BCUT2D eigenvalue weighted by Gasteiger charge is -2.23. The van der Waals surface area contributed by atoms with E-state index in [1.807, 2.05) is 4.90 Å². The Balaban J connectivity index is 2.63. The van der Waals surface area contributed by atoms with Gasteiger partial charge in [0.1, 0.15) is 6.04 Å². The summed E-state index contributed by atoms with van der Waals surface area (Å²) in [7, 11) is 3.22. The average molecular weight is 232 g/mol. The predicted molar refractivity (Wildman–Crippen MR) is 58.3 cm³/mol. The zero-order valence-corrected chi connectivity index (χ0v) is 9.76. The lowest BCUT2D eigenvalue weighted by Crippen LogP contribution is -2.41. The molecule has 94 valence electrons. The number of nitrogens with zero attached hydrogens (tertiary/aromatic N) is 1. The fourth-order valence-electron chi connectivity index (χ4n) is 2.10. The van der Waals surface area contributed by atoms with Gasteiger partial charge in [-0.3, -0.25) is 9.69 Å². The molecule has 0 bridgehead atoms. The molecule has 1 heterocycles. The van der Waals surface area contributed by atoms with E-state index >= 15 is 0 Å². The predicted octanol–water partition coefficient (Wildman–Crippen LogP) is -0.866. The number of likely N-dealkylation sites (tertiary alicyclic amines) is 1. The van der Waals surface area contributed by atoms with Crippen LogP contribution in [-0.2, 0) is 14.3 Å². The van der Waals surface area contributed by atoms with Crippen molar-refractivity contribution >= 4 is 5.97 Å². The number of carboxylic acid groups (broad SMARTS) is 1. The molecular formula is C10H20N2O4. The van der Waals surface area contributed by atoms with Crippen LogP contribution < -0.4 is 5.73 Å². The monoisotopic (exact) mass is 232 g/mol. The van der Waals surface area contributed by atoms with E-state index in [0.29, 0.717) is 26.1 Å². The van der Waals surface area contributed by atoms with Crippen molar-refractivity contribution in [3.05, 3.63) is 0 Å². The van der Waals surface area contributed by atoms with Gasteiger partial charge in [-0.25, -0.2) is 0 Å². The Morgan fingerprint density at radius 2 is 1.94 bits per heavy atom. The fraction of sp³-hybridized carbons (Fsp3) is 0.900. The molecule has 1 aliphatic rings. The minimum absolute atomic E-state index is 0.0652. The Kier molecular flexibility index (Phi) is 5.14. The molecule has 0 aromatic carbocycles. The molecule has 6 nitrogen and oxygen atoms in total. The Hall–Kier alpha value is -0.690. The van der Waals surface area contributed by atoms with Crippen molar-refractivity contribution in [2.24, 2.45) is 5.73 Å². The molecule has 0 radical (unpaired) electrons. The zero-order chi connectivity index (χ0) is 12.1. The largest absolute Gasteiger partial charge is 0.480 e. The fourth-order valence-corrected chi connectivity index (χ4v) is 2.10. The van der Waals surface area contributed by atoms with Crippen molar-refractivity contribution in [1.82, 2.24) is 4.90 Å². The Bertz CT molecular complexity index is 225. The summed E-state index contributed by atoms with van der Waals surface area (Å²) in [6, 6.07) is -0.539. The number of hydrogen-bond donors (Lipinski definition) is 2. The molecule has 0 spiro atoms. The topological polar surface area (TPSA) is 85.0 Å². The summed E-state index contributed by atoms with van der Waals surface area (Å²) in [5, 5.41) is 9.10. The Labute approximate surface area is 95.3 Å². The molecule has 0 saturated carbocycles. The van der Waals surface area contributed by atoms with E-state index < -0.39 is 12.0 Å². The van der Waals surface area contributed by atoms with Crippen LogP contribution in [0.1, 0.15) is 6.42 Å². The minimum atomic E-state index is -0.836. The van der Waals surface area contributed by atoms with Crippen LogP contribution in [0.3, 0.4) is 0 Å². The summed E-state index contributed by atoms with van der Waals surface area (Å²) >= 11 is 0. The Morgan fingerprint density at radius 3 is 2.25 bits per heavy atom. The van der Waals surface area contributed by atoms with Crippen LogP contribution in [0, 0.1) is 0 Å². The van der Waals surface area contributed by atoms with Gasteiger partial charge in [0.05, 0.1) is 12.2 Å². The summed E-state index contributed by atoms with van der Waals surface area (Å²) in [6.07, 6.45) is 0.316. The highest BCUT2D eigenvalue weighted by Gasteiger charge is 2.38. The van der Waals surface area contributed by atoms with Crippen LogP contribution in [0.4, 0.5) is 0 Å². The van der Waals surface area contributed by atoms with Crippen LogP contribution in [0.5, 0.6) is 0 Å². The molecule has 1 aliphatic heterocycles. The van der Waals surface area contributed by atoms with Crippen LogP contribution >= 0.6 is 0 Å². The molecule has 0 aromatic heterocycles. The summed E-state index contributed by atoms with van der Waals surface area (Å²) in [6.45, 7) is 1.51. The minimum Gasteiger partial charge on any atom is -0.480 e. The van der Waals surface area contributed by atoms with Gasteiger partial charge in [0, 0.05) is 27.3 Å². The van der Waals surface area contributed by atoms with Crippen LogP contribution in [0.2, 0.25) is 0 Å². The smallest absolute Gasteiger partial charge is 0.320 e. The van der Waals surface area contributed by atoms with E-state index in [1.165, 1.54) is 0 Å². The van der Waals surface area contributed by atoms with Gasteiger partial charge < -0.3 is 20.3 Å². The first-order chi connectivity index (χ1) is 7.63. The molecule has 0 amide bonds. The number of nitrogens with two attached hydrogens (primary N) is 1. The van der Waals surface area contributed by atoms with Gasteiger partial charge in [-0.05, 0) is 13.0 Å².